The second-order valence-electron chi connectivity index (χ2n) is 7.98. The summed E-state index contributed by atoms with van der Waals surface area (Å²) >= 11 is 0. The number of hydrogen-bond acceptors (Lipinski definition) is 7. The van der Waals surface area contributed by atoms with Crippen LogP contribution in [0.5, 0.6) is 0 Å². The van der Waals surface area contributed by atoms with Crippen molar-refractivity contribution in [3.8, 4) is 0 Å². The van der Waals surface area contributed by atoms with Crippen LogP contribution in [0.1, 0.15) is 34.6 Å². The Balaban J connectivity index is 2.79. The minimum atomic E-state index is -0.989. The molecule has 3 atom stereocenters. The van der Waals surface area contributed by atoms with Gasteiger partial charge in [0.1, 0.15) is 24.4 Å². The Hall–Kier alpha value is -1.90. The number of alkyl carbamates (subject to hydrolysis) is 1. The minimum absolute atomic E-state index is 0.0389. The highest BCUT2D eigenvalue weighted by molar-refractivity contribution is 5.81. The van der Waals surface area contributed by atoms with Gasteiger partial charge in [-0.3, -0.25) is 0 Å². The van der Waals surface area contributed by atoms with E-state index in [-0.39, 0.29) is 19.8 Å². The van der Waals surface area contributed by atoms with Crippen LogP contribution in [-0.2, 0) is 28.5 Å². The summed E-state index contributed by atoms with van der Waals surface area (Å²) in [6.07, 6.45) is -1.73. The molecule has 1 fully saturated rings. The van der Waals surface area contributed by atoms with Crippen molar-refractivity contribution in [3.63, 3.8) is 0 Å². The minimum Gasteiger partial charge on any atom is -0.461 e. The summed E-state index contributed by atoms with van der Waals surface area (Å²) < 4.78 is 27.7. The van der Waals surface area contributed by atoms with Gasteiger partial charge in [0.25, 0.3) is 0 Å². The lowest BCUT2D eigenvalue weighted by atomic mass is 10.2. The predicted octanol–water partition coefficient (Wildman–Crippen LogP) is 2.38. The zero-order valence-electron chi connectivity index (χ0n) is 17.5. The summed E-state index contributed by atoms with van der Waals surface area (Å²) in [4.78, 5) is 24.4. The maximum atomic E-state index is 12.4. The van der Waals surface area contributed by atoms with Gasteiger partial charge in [-0.1, -0.05) is 24.3 Å². The molecule has 1 aliphatic rings. The predicted molar refractivity (Wildman–Crippen MR) is 104 cm³/mol. The number of ether oxygens (including phenoxy) is 5. The molecule has 8 heteroatoms. The van der Waals surface area contributed by atoms with E-state index in [1.807, 2.05) is 13.8 Å². The zero-order chi connectivity index (χ0) is 21.3. The van der Waals surface area contributed by atoms with Crippen molar-refractivity contribution in [2.75, 3.05) is 33.0 Å². The number of carbonyl (C=O) groups excluding carboxylic acids is 2. The third kappa shape index (κ3) is 9.87. The molecular weight excluding hydrogens is 366 g/mol. The van der Waals surface area contributed by atoms with Gasteiger partial charge in [-0.2, -0.15) is 0 Å². The Kier molecular flexibility index (Phi) is 9.64. The van der Waals surface area contributed by atoms with Crippen LogP contribution >= 0.6 is 0 Å². The molecule has 0 unspecified atom stereocenters. The lowest BCUT2D eigenvalue weighted by Crippen LogP contribution is -2.46. The van der Waals surface area contributed by atoms with E-state index in [1.54, 1.807) is 20.8 Å². The standard InChI is InChI=1S/C20H33NO7/c1-13(2)8-25-16-11-24-10-15(21-19(23)28-20(5,6)7)18(22)27-12-17(16)26-9-14(3)4/h15-17H,1,3,8-12H2,2,4-7H3,(H,21,23)/t15-,16+,17+/m1/s1. The van der Waals surface area contributed by atoms with E-state index in [1.165, 1.54) is 0 Å². The summed E-state index contributed by atoms with van der Waals surface area (Å²) in [5.41, 5.74) is 0.992. The molecule has 160 valence electrons. The molecule has 1 N–H and O–H groups in total. The number of carbonyl (C=O) groups is 2. The number of hydrogen-bond donors (Lipinski definition) is 1. The lowest BCUT2D eigenvalue weighted by Gasteiger charge is -2.26. The fourth-order valence-electron chi connectivity index (χ4n) is 2.21. The number of esters is 1. The fourth-order valence-corrected chi connectivity index (χ4v) is 2.21. The molecule has 1 rings (SSSR count). The molecule has 1 aliphatic heterocycles. The van der Waals surface area contributed by atoms with Gasteiger partial charge in [-0.15, -0.1) is 0 Å². The van der Waals surface area contributed by atoms with Crippen molar-refractivity contribution in [2.24, 2.45) is 0 Å². The first-order valence-corrected chi connectivity index (χ1v) is 9.24. The summed E-state index contributed by atoms with van der Waals surface area (Å²) in [5, 5.41) is 2.48. The van der Waals surface area contributed by atoms with Crippen LogP contribution in [0.4, 0.5) is 4.79 Å². The first-order valence-electron chi connectivity index (χ1n) is 9.24. The highest BCUT2D eigenvalue weighted by atomic mass is 16.6. The second-order valence-corrected chi connectivity index (χ2v) is 7.98. The SMILES string of the molecule is C=C(C)CO[C@H]1COC[C@@H](NC(=O)OC(C)(C)C)C(=O)OC[C@@H]1OCC(=C)C. The molecule has 1 saturated heterocycles. The monoisotopic (exact) mass is 399 g/mol. The first kappa shape index (κ1) is 24.1. The molecule has 0 saturated carbocycles. The number of amides is 1. The van der Waals surface area contributed by atoms with E-state index < -0.39 is 35.9 Å². The van der Waals surface area contributed by atoms with Gasteiger partial charge >= 0.3 is 12.1 Å². The van der Waals surface area contributed by atoms with Crippen LogP contribution in [0, 0.1) is 0 Å². The van der Waals surface area contributed by atoms with E-state index in [2.05, 4.69) is 18.5 Å². The van der Waals surface area contributed by atoms with E-state index >= 15 is 0 Å². The van der Waals surface area contributed by atoms with Crippen LogP contribution in [0.3, 0.4) is 0 Å². The van der Waals surface area contributed by atoms with Crippen LogP contribution in [-0.4, -0.2) is 68.9 Å². The number of cyclic esters (lactones) is 1. The Morgan fingerprint density at radius 3 is 2.11 bits per heavy atom. The normalized spacial score (nSPS) is 23.6. The third-order valence-electron chi connectivity index (χ3n) is 3.43. The summed E-state index contributed by atoms with van der Waals surface area (Å²) in [5.74, 6) is -0.629. The molecule has 0 spiro atoms. The van der Waals surface area contributed by atoms with E-state index in [0.29, 0.717) is 13.2 Å². The smallest absolute Gasteiger partial charge is 0.408 e. The van der Waals surface area contributed by atoms with Crippen molar-refractivity contribution < 1.29 is 33.3 Å². The van der Waals surface area contributed by atoms with Gasteiger partial charge in [0.2, 0.25) is 0 Å². The topological polar surface area (TPSA) is 92.3 Å². The van der Waals surface area contributed by atoms with Crippen molar-refractivity contribution in [2.45, 2.75) is 58.5 Å². The van der Waals surface area contributed by atoms with Crippen LogP contribution < -0.4 is 5.32 Å². The summed E-state index contributed by atoms with van der Waals surface area (Å²) in [7, 11) is 0. The van der Waals surface area contributed by atoms with Gasteiger partial charge < -0.3 is 29.0 Å². The second kappa shape index (κ2) is 11.2. The molecule has 8 nitrogen and oxygen atoms in total. The van der Waals surface area contributed by atoms with E-state index in [4.69, 9.17) is 23.7 Å². The zero-order valence-corrected chi connectivity index (χ0v) is 17.5. The quantitative estimate of drug-likeness (QED) is 0.519. The third-order valence-corrected chi connectivity index (χ3v) is 3.43. The molecule has 0 aromatic rings. The summed E-state index contributed by atoms with van der Waals surface area (Å²) in [6.45, 7) is 17.2. The van der Waals surface area contributed by atoms with Gasteiger partial charge in [-0.05, 0) is 34.6 Å². The number of nitrogens with one attached hydrogen (secondary N) is 1. The van der Waals surface area contributed by atoms with Gasteiger partial charge in [0, 0.05) is 0 Å². The fraction of sp³-hybridized carbons (Fsp3) is 0.700. The molecule has 0 bridgehead atoms. The van der Waals surface area contributed by atoms with Crippen LogP contribution in [0.2, 0.25) is 0 Å². The van der Waals surface area contributed by atoms with Gasteiger partial charge in [0.05, 0.1) is 26.4 Å². The highest BCUT2D eigenvalue weighted by Crippen LogP contribution is 2.13. The average molecular weight is 399 g/mol. The molecular formula is C20H33NO7. The Morgan fingerprint density at radius 1 is 1.07 bits per heavy atom. The van der Waals surface area contributed by atoms with Crippen LogP contribution in [0.15, 0.2) is 24.3 Å². The van der Waals surface area contributed by atoms with Gasteiger partial charge in [-0.25, -0.2) is 9.59 Å². The summed E-state index contributed by atoms with van der Waals surface area (Å²) in [6, 6.07) is -0.989. The molecule has 0 aliphatic carbocycles. The van der Waals surface area contributed by atoms with Crippen molar-refractivity contribution >= 4 is 12.1 Å². The average Bonchev–Trinajstić information content (AvgIpc) is 2.60. The largest absolute Gasteiger partial charge is 0.461 e. The Labute approximate surface area is 167 Å². The first-order chi connectivity index (χ1) is 13.0. The lowest BCUT2D eigenvalue weighted by molar-refractivity contribution is -0.153. The highest BCUT2D eigenvalue weighted by Gasteiger charge is 2.32. The van der Waals surface area contributed by atoms with Crippen LogP contribution in [0.25, 0.3) is 0 Å². The van der Waals surface area contributed by atoms with Crippen molar-refractivity contribution in [3.05, 3.63) is 24.3 Å². The Morgan fingerprint density at radius 2 is 1.61 bits per heavy atom. The van der Waals surface area contributed by atoms with E-state index in [9.17, 15) is 9.59 Å². The Bertz CT molecular complexity index is 567. The maximum absolute atomic E-state index is 12.4. The molecule has 0 radical (unpaired) electrons. The van der Waals surface area contributed by atoms with Gasteiger partial charge in [0.15, 0.2) is 6.04 Å². The maximum Gasteiger partial charge on any atom is 0.408 e. The molecule has 1 amide bonds. The molecule has 28 heavy (non-hydrogen) atoms. The molecule has 0 aromatic heterocycles. The molecule has 1 heterocycles. The number of rotatable bonds is 7. The van der Waals surface area contributed by atoms with Crippen molar-refractivity contribution in [1.29, 1.82) is 0 Å². The molecule has 0 aromatic carbocycles. The van der Waals surface area contributed by atoms with E-state index in [0.717, 1.165) is 11.1 Å². The van der Waals surface area contributed by atoms with Crippen molar-refractivity contribution in [1.82, 2.24) is 5.32 Å².